The van der Waals surface area contributed by atoms with Crippen molar-refractivity contribution < 1.29 is 18.0 Å². The molecule has 0 aliphatic heterocycles. The topological polar surface area (TPSA) is 32.9 Å². The summed E-state index contributed by atoms with van der Waals surface area (Å²) in [5.74, 6) is -0.188. The maximum Gasteiger partial charge on any atom is 0.416 e. The highest BCUT2D eigenvalue weighted by molar-refractivity contribution is 6.00. The normalized spacial score (nSPS) is 12.1. The molecular weight excluding hydrogens is 231 g/mol. The van der Waals surface area contributed by atoms with Gasteiger partial charge >= 0.3 is 6.18 Å². The third-order valence-electron chi connectivity index (χ3n) is 2.74. The van der Waals surface area contributed by atoms with E-state index in [-0.39, 0.29) is 5.78 Å². The Kier molecular flexibility index (Phi) is 2.49. The average Bonchev–Trinajstić information content (AvgIpc) is 2.54. The first-order valence-electron chi connectivity index (χ1n) is 5.01. The van der Waals surface area contributed by atoms with Gasteiger partial charge in [-0.2, -0.15) is 13.2 Å². The number of halogens is 3. The monoisotopic (exact) mass is 241 g/mol. The molecule has 0 spiro atoms. The van der Waals surface area contributed by atoms with Crippen molar-refractivity contribution in [2.45, 2.75) is 20.0 Å². The van der Waals surface area contributed by atoms with Gasteiger partial charge in [0, 0.05) is 17.8 Å². The third kappa shape index (κ3) is 1.92. The van der Waals surface area contributed by atoms with E-state index in [0.717, 1.165) is 12.1 Å². The number of fused-ring (bicyclic) bond motifs is 1. The number of nitrogens with one attached hydrogen (secondary N) is 1. The molecule has 90 valence electrons. The first-order valence-corrected chi connectivity index (χ1v) is 5.01. The summed E-state index contributed by atoms with van der Waals surface area (Å²) in [5, 5.41) is 0.435. The molecule has 0 aliphatic rings. The number of hydrogen-bond acceptors (Lipinski definition) is 1. The predicted octanol–water partition coefficient (Wildman–Crippen LogP) is 3.70. The Hall–Kier alpha value is -1.78. The number of alkyl halides is 3. The third-order valence-corrected chi connectivity index (χ3v) is 2.74. The van der Waals surface area contributed by atoms with Crippen molar-refractivity contribution in [1.29, 1.82) is 0 Å². The van der Waals surface area contributed by atoms with Crippen molar-refractivity contribution in [2.24, 2.45) is 0 Å². The number of H-pyrrole nitrogens is 1. The van der Waals surface area contributed by atoms with Crippen molar-refractivity contribution in [1.82, 2.24) is 4.98 Å². The summed E-state index contributed by atoms with van der Waals surface area (Å²) in [6, 6.07) is 3.41. The SMILES string of the molecule is CC(=O)c1[nH]c2ccc(C(F)(F)F)cc2c1C. The predicted molar refractivity (Wildman–Crippen MR) is 58.0 cm³/mol. The summed E-state index contributed by atoms with van der Waals surface area (Å²) >= 11 is 0. The van der Waals surface area contributed by atoms with E-state index < -0.39 is 11.7 Å². The lowest BCUT2D eigenvalue weighted by Gasteiger charge is -2.06. The van der Waals surface area contributed by atoms with E-state index in [1.807, 2.05) is 0 Å². The van der Waals surface area contributed by atoms with Gasteiger partial charge in [-0.25, -0.2) is 0 Å². The molecule has 2 aromatic rings. The lowest BCUT2D eigenvalue weighted by atomic mass is 10.1. The molecule has 0 fully saturated rings. The molecule has 0 unspecified atom stereocenters. The van der Waals surface area contributed by atoms with E-state index >= 15 is 0 Å². The Labute approximate surface area is 95.4 Å². The van der Waals surface area contributed by atoms with E-state index in [0.29, 0.717) is 22.2 Å². The summed E-state index contributed by atoms with van der Waals surface area (Å²) in [5.41, 5.74) is 0.751. The van der Waals surface area contributed by atoms with Gasteiger partial charge in [-0.1, -0.05) is 0 Å². The van der Waals surface area contributed by atoms with Gasteiger partial charge in [0.05, 0.1) is 11.3 Å². The van der Waals surface area contributed by atoms with Gasteiger partial charge in [0.2, 0.25) is 0 Å². The Balaban J connectivity index is 2.70. The van der Waals surface area contributed by atoms with Gasteiger partial charge in [-0.15, -0.1) is 0 Å². The molecule has 0 saturated heterocycles. The molecule has 2 nitrogen and oxygen atoms in total. The van der Waals surface area contributed by atoms with E-state index in [4.69, 9.17) is 0 Å². The van der Waals surface area contributed by atoms with E-state index in [9.17, 15) is 18.0 Å². The Morgan fingerprint density at radius 2 is 1.94 bits per heavy atom. The average molecular weight is 241 g/mol. The zero-order valence-corrected chi connectivity index (χ0v) is 9.27. The van der Waals surface area contributed by atoms with Crippen LogP contribution in [0.15, 0.2) is 18.2 Å². The number of aromatic amines is 1. The molecule has 0 saturated carbocycles. The largest absolute Gasteiger partial charge is 0.416 e. The van der Waals surface area contributed by atoms with Crippen LogP contribution in [0.25, 0.3) is 10.9 Å². The van der Waals surface area contributed by atoms with Crippen LogP contribution in [-0.2, 0) is 6.18 Å². The van der Waals surface area contributed by atoms with Gasteiger partial charge in [0.25, 0.3) is 0 Å². The highest BCUT2D eigenvalue weighted by Gasteiger charge is 2.30. The highest BCUT2D eigenvalue weighted by atomic mass is 19.4. The number of aryl methyl sites for hydroxylation is 1. The van der Waals surface area contributed by atoms with Crippen molar-refractivity contribution in [2.75, 3.05) is 0 Å². The molecule has 0 bridgehead atoms. The lowest BCUT2D eigenvalue weighted by Crippen LogP contribution is -2.04. The summed E-state index contributed by atoms with van der Waals surface area (Å²) in [4.78, 5) is 14.1. The first kappa shape index (κ1) is 11.7. The van der Waals surface area contributed by atoms with Crippen LogP contribution in [0.4, 0.5) is 13.2 Å². The van der Waals surface area contributed by atoms with Crippen LogP contribution in [0, 0.1) is 6.92 Å². The zero-order chi connectivity index (χ0) is 12.8. The van der Waals surface area contributed by atoms with Gasteiger partial charge < -0.3 is 4.98 Å². The summed E-state index contributed by atoms with van der Waals surface area (Å²) in [6.45, 7) is 3.01. The number of carbonyl (C=O) groups is 1. The molecule has 0 amide bonds. The molecule has 0 aliphatic carbocycles. The van der Waals surface area contributed by atoms with Crippen LogP contribution in [0.2, 0.25) is 0 Å². The smallest absolute Gasteiger partial charge is 0.352 e. The van der Waals surface area contributed by atoms with E-state index in [1.165, 1.54) is 13.0 Å². The number of hydrogen-bond donors (Lipinski definition) is 1. The van der Waals surface area contributed by atoms with Crippen molar-refractivity contribution in [3.63, 3.8) is 0 Å². The van der Waals surface area contributed by atoms with Gasteiger partial charge in [0.1, 0.15) is 0 Å². The molecule has 0 radical (unpaired) electrons. The summed E-state index contributed by atoms with van der Waals surface area (Å²) in [6.07, 6.45) is -4.37. The fourth-order valence-corrected chi connectivity index (χ4v) is 1.85. The minimum atomic E-state index is -4.37. The number of rotatable bonds is 1. The quantitative estimate of drug-likeness (QED) is 0.758. The molecule has 17 heavy (non-hydrogen) atoms. The molecule has 1 N–H and O–H groups in total. The van der Waals surface area contributed by atoms with Crippen LogP contribution < -0.4 is 0 Å². The fourth-order valence-electron chi connectivity index (χ4n) is 1.85. The fraction of sp³-hybridized carbons (Fsp3) is 0.250. The van der Waals surface area contributed by atoms with Crippen LogP contribution in [0.1, 0.15) is 28.5 Å². The van der Waals surface area contributed by atoms with Crippen molar-refractivity contribution >= 4 is 16.7 Å². The van der Waals surface area contributed by atoms with Gasteiger partial charge in [0.15, 0.2) is 5.78 Å². The molecule has 0 atom stereocenters. The number of Topliss-reactive ketones (excluding diaryl/α,β-unsaturated/α-hetero) is 1. The minimum absolute atomic E-state index is 0.188. The van der Waals surface area contributed by atoms with E-state index in [1.54, 1.807) is 6.92 Å². The van der Waals surface area contributed by atoms with Crippen LogP contribution in [0.3, 0.4) is 0 Å². The standard InChI is InChI=1S/C12H10F3NO/c1-6-9-5-8(12(13,14)15)3-4-10(9)16-11(6)7(2)17/h3-5,16H,1-2H3. The van der Waals surface area contributed by atoms with Crippen LogP contribution >= 0.6 is 0 Å². The lowest BCUT2D eigenvalue weighted by molar-refractivity contribution is -0.137. The van der Waals surface area contributed by atoms with E-state index in [2.05, 4.69) is 4.98 Å². The molecular formula is C12H10F3NO. The first-order chi connectivity index (χ1) is 7.80. The highest BCUT2D eigenvalue weighted by Crippen LogP contribution is 2.32. The molecule has 1 aromatic heterocycles. The molecule has 2 rings (SSSR count). The second-order valence-corrected chi connectivity index (χ2v) is 3.94. The molecule has 1 aromatic carbocycles. The Morgan fingerprint density at radius 1 is 1.29 bits per heavy atom. The second-order valence-electron chi connectivity index (χ2n) is 3.94. The maximum atomic E-state index is 12.5. The maximum absolute atomic E-state index is 12.5. The number of aromatic nitrogens is 1. The Bertz CT molecular complexity index is 596. The summed E-state index contributed by atoms with van der Waals surface area (Å²) < 4.78 is 37.6. The Morgan fingerprint density at radius 3 is 2.47 bits per heavy atom. The molecule has 5 heteroatoms. The minimum Gasteiger partial charge on any atom is -0.352 e. The zero-order valence-electron chi connectivity index (χ0n) is 9.27. The van der Waals surface area contributed by atoms with Crippen LogP contribution in [0.5, 0.6) is 0 Å². The van der Waals surface area contributed by atoms with Crippen molar-refractivity contribution in [3.05, 3.63) is 35.0 Å². The number of benzene rings is 1. The van der Waals surface area contributed by atoms with Gasteiger partial charge in [-0.3, -0.25) is 4.79 Å². The summed E-state index contributed by atoms with van der Waals surface area (Å²) in [7, 11) is 0. The molecule has 1 heterocycles. The second kappa shape index (κ2) is 3.61. The van der Waals surface area contributed by atoms with Gasteiger partial charge in [-0.05, 0) is 30.7 Å². The van der Waals surface area contributed by atoms with Crippen molar-refractivity contribution in [3.8, 4) is 0 Å². The number of carbonyl (C=O) groups excluding carboxylic acids is 1. The van der Waals surface area contributed by atoms with Crippen LogP contribution in [-0.4, -0.2) is 10.8 Å². The number of ketones is 1.